The van der Waals surface area contributed by atoms with Crippen LogP contribution in [0.25, 0.3) is 11.2 Å². The molecule has 0 saturated carbocycles. The number of aromatic amines is 1. The fraction of sp³-hybridized carbons (Fsp3) is 0.444. The first-order valence-corrected chi connectivity index (χ1v) is 5.74. The summed E-state index contributed by atoms with van der Waals surface area (Å²) in [4.78, 5) is 15.1. The van der Waals surface area contributed by atoms with Gasteiger partial charge in [-0.3, -0.25) is 0 Å². The van der Waals surface area contributed by atoms with Crippen LogP contribution in [0.1, 0.15) is 20.3 Å². The van der Waals surface area contributed by atoms with Gasteiger partial charge in [0.1, 0.15) is 11.8 Å². The van der Waals surface area contributed by atoms with Crippen molar-refractivity contribution in [2.45, 2.75) is 25.4 Å². The maximum Gasteiger partial charge on any atom is 0.181 e. The van der Waals surface area contributed by atoms with E-state index in [4.69, 9.17) is 0 Å². The molecule has 0 bridgehead atoms. The van der Waals surface area contributed by atoms with Gasteiger partial charge in [-0.05, 0) is 6.26 Å². The molecule has 76 valence electrons. The first kappa shape index (κ1) is 11.0. The SMILES string of the molecule is CCC.CSc1nc2ncncc2[nH]1. The average molecular weight is 210 g/mol. The van der Waals surface area contributed by atoms with Gasteiger partial charge < -0.3 is 4.98 Å². The van der Waals surface area contributed by atoms with E-state index in [1.54, 1.807) is 18.0 Å². The summed E-state index contributed by atoms with van der Waals surface area (Å²) in [6.45, 7) is 4.25. The molecule has 0 atom stereocenters. The lowest BCUT2D eigenvalue weighted by Gasteiger charge is -1.80. The Morgan fingerprint density at radius 3 is 2.71 bits per heavy atom. The van der Waals surface area contributed by atoms with Crippen LogP contribution in [0.2, 0.25) is 0 Å². The van der Waals surface area contributed by atoms with Gasteiger partial charge in [-0.2, -0.15) is 0 Å². The molecule has 2 rings (SSSR count). The Morgan fingerprint density at radius 2 is 2.14 bits per heavy atom. The summed E-state index contributed by atoms with van der Waals surface area (Å²) >= 11 is 1.56. The number of aromatic nitrogens is 4. The lowest BCUT2D eigenvalue weighted by Crippen LogP contribution is -1.76. The number of hydrogen-bond donors (Lipinski definition) is 1. The van der Waals surface area contributed by atoms with Crippen LogP contribution in [-0.2, 0) is 0 Å². The lowest BCUT2D eigenvalue weighted by atomic mass is 10.6. The van der Waals surface area contributed by atoms with E-state index in [-0.39, 0.29) is 0 Å². The average Bonchev–Trinajstić information content (AvgIpc) is 2.61. The highest BCUT2D eigenvalue weighted by molar-refractivity contribution is 7.98. The second-order valence-electron chi connectivity index (χ2n) is 2.71. The van der Waals surface area contributed by atoms with Crippen molar-refractivity contribution in [3.05, 3.63) is 12.5 Å². The van der Waals surface area contributed by atoms with Gasteiger partial charge in [0.25, 0.3) is 0 Å². The van der Waals surface area contributed by atoms with E-state index in [1.807, 2.05) is 6.26 Å². The monoisotopic (exact) mass is 210 g/mol. The van der Waals surface area contributed by atoms with Crippen molar-refractivity contribution in [2.75, 3.05) is 6.26 Å². The van der Waals surface area contributed by atoms with Crippen molar-refractivity contribution in [1.29, 1.82) is 0 Å². The molecule has 0 aliphatic rings. The molecule has 2 aromatic rings. The maximum absolute atomic E-state index is 4.19. The van der Waals surface area contributed by atoms with Gasteiger partial charge in [0.15, 0.2) is 10.8 Å². The highest BCUT2D eigenvalue weighted by atomic mass is 32.2. The lowest BCUT2D eigenvalue weighted by molar-refractivity contribution is 1.08. The molecule has 0 saturated heterocycles. The van der Waals surface area contributed by atoms with Crippen LogP contribution in [0.15, 0.2) is 17.7 Å². The zero-order valence-electron chi connectivity index (χ0n) is 8.61. The van der Waals surface area contributed by atoms with Gasteiger partial charge in [-0.15, -0.1) is 0 Å². The number of rotatable bonds is 1. The quantitative estimate of drug-likeness (QED) is 0.735. The Morgan fingerprint density at radius 1 is 1.43 bits per heavy atom. The van der Waals surface area contributed by atoms with Gasteiger partial charge in [-0.25, -0.2) is 15.0 Å². The second-order valence-corrected chi connectivity index (χ2v) is 3.51. The predicted molar refractivity (Wildman–Crippen MR) is 59.4 cm³/mol. The van der Waals surface area contributed by atoms with E-state index in [2.05, 4.69) is 33.8 Å². The first-order chi connectivity index (χ1) is 6.81. The maximum atomic E-state index is 4.19. The molecule has 0 aliphatic heterocycles. The van der Waals surface area contributed by atoms with Crippen LogP contribution in [0.4, 0.5) is 0 Å². The van der Waals surface area contributed by atoms with Crippen LogP contribution in [0, 0.1) is 0 Å². The number of thioether (sulfide) groups is 1. The molecule has 4 nitrogen and oxygen atoms in total. The number of hydrogen-bond acceptors (Lipinski definition) is 4. The highest BCUT2D eigenvalue weighted by Crippen LogP contribution is 2.13. The minimum absolute atomic E-state index is 0.726. The van der Waals surface area contributed by atoms with E-state index in [0.717, 1.165) is 16.3 Å². The molecular weight excluding hydrogens is 196 g/mol. The summed E-state index contributed by atoms with van der Waals surface area (Å²) in [6.07, 6.45) is 6.42. The van der Waals surface area contributed by atoms with Crippen molar-refractivity contribution < 1.29 is 0 Å². The van der Waals surface area contributed by atoms with Crippen LogP contribution in [0.3, 0.4) is 0 Å². The zero-order chi connectivity index (χ0) is 10.4. The van der Waals surface area contributed by atoms with Crippen LogP contribution >= 0.6 is 11.8 Å². The Bertz CT molecular complexity index is 352. The fourth-order valence-corrected chi connectivity index (χ4v) is 1.23. The third-order valence-corrected chi connectivity index (χ3v) is 1.91. The topological polar surface area (TPSA) is 54.5 Å². The Hall–Kier alpha value is -1.10. The molecule has 14 heavy (non-hydrogen) atoms. The van der Waals surface area contributed by atoms with Crippen molar-refractivity contribution in [3.8, 4) is 0 Å². The molecule has 2 aromatic heterocycles. The number of imidazole rings is 1. The Labute approximate surface area is 87.6 Å². The molecular formula is C9H14N4S. The molecule has 0 unspecified atom stereocenters. The third-order valence-electron chi connectivity index (χ3n) is 1.33. The van der Waals surface area contributed by atoms with E-state index in [1.165, 1.54) is 12.7 Å². The van der Waals surface area contributed by atoms with E-state index in [0.29, 0.717) is 0 Å². The second kappa shape index (κ2) is 5.59. The normalized spacial score (nSPS) is 9.64. The molecule has 5 heteroatoms. The minimum atomic E-state index is 0.726. The number of H-pyrrole nitrogens is 1. The molecule has 0 spiro atoms. The molecule has 0 aromatic carbocycles. The van der Waals surface area contributed by atoms with Gasteiger partial charge in [0.2, 0.25) is 0 Å². The van der Waals surface area contributed by atoms with Crippen LogP contribution in [-0.4, -0.2) is 26.2 Å². The zero-order valence-corrected chi connectivity index (χ0v) is 9.43. The van der Waals surface area contributed by atoms with E-state index >= 15 is 0 Å². The summed E-state index contributed by atoms with van der Waals surface area (Å²) in [7, 11) is 0. The summed E-state index contributed by atoms with van der Waals surface area (Å²) in [5, 5.41) is 0.875. The summed E-state index contributed by atoms with van der Waals surface area (Å²) in [6, 6.07) is 0. The highest BCUT2D eigenvalue weighted by Gasteiger charge is 1.99. The summed E-state index contributed by atoms with van der Waals surface area (Å²) in [5.74, 6) is 0. The molecule has 0 aliphatic carbocycles. The molecule has 0 fully saturated rings. The molecule has 0 radical (unpaired) electrons. The van der Waals surface area contributed by atoms with Crippen LogP contribution < -0.4 is 0 Å². The van der Waals surface area contributed by atoms with Crippen molar-refractivity contribution in [2.24, 2.45) is 0 Å². The number of fused-ring (bicyclic) bond motifs is 1. The third kappa shape index (κ3) is 2.70. The largest absolute Gasteiger partial charge is 0.330 e. The number of nitrogens with one attached hydrogen (secondary N) is 1. The Kier molecular flexibility index (Phi) is 4.39. The van der Waals surface area contributed by atoms with Crippen LogP contribution in [0.5, 0.6) is 0 Å². The van der Waals surface area contributed by atoms with Crippen molar-refractivity contribution >= 4 is 22.9 Å². The fourth-order valence-electron chi connectivity index (χ4n) is 0.836. The molecule has 1 N–H and O–H groups in total. The summed E-state index contributed by atoms with van der Waals surface area (Å²) < 4.78 is 0. The van der Waals surface area contributed by atoms with Crippen molar-refractivity contribution in [3.63, 3.8) is 0 Å². The summed E-state index contributed by atoms with van der Waals surface area (Å²) in [5.41, 5.74) is 1.61. The Balaban J connectivity index is 0.000000293. The van der Waals surface area contributed by atoms with E-state index < -0.39 is 0 Å². The minimum Gasteiger partial charge on any atom is -0.330 e. The van der Waals surface area contributed by atoms with Gasteiger partial charge in [0, 0.05) is 0 Å². The predicted octanol–water partition coefficient (Wildman–Crippen LogP) is 2.49. The standard InChI is InChI=1S/C6H6N4S.C3H8/c1-11-6-9-4-2-7-3-8-5(4)10-6;1-3-2/h2-3H,1H3,(H,7,8,9,10);3H2,1-2H3. The van der Waals surface area contributed by atoms with Gasteiger partial charge in [0.05, 0.1) is 6.20 Å². The van der Waals surface area contributed by atoms with Gasteiger partial charge in [-0.1, -0.05) is 32.0 Å². The van der Waals surface area contributed by atoms with E-state index in [9.17, 15) is 0 Å². The molecule has 0 amide bonds. The number of nitrogens with zero attached hydrogens (tertiary/aromatic N) is 3. The smallest absolute Gasteiger partial charge is 0.181 e. The van der Waals surface area contributed by atoms with Crippen molar-refractivity contribution in [1.82, 2.24) is 19.9 Å². The first-order valence-electron chi connectivity index (χ1n) is 4.51. The molecule has 2 heterocycles. The van der Waals surface area contributed by atoms with Gasteiger partial charge >= 0.3 is 0 Å².